The molecule has 5 N–H and O–H groups in total. The number of urea groups is 1. The number of benzene rings is 1. The molecule has 0 spiro atoms. The molecule has 1 aromatic carbocycles. The molecule has 3 rings (SSSR count). The number of nitrogens with two attached hydrogens (primary N) is 1. The maximum atomic E-state index is 12.1. The van der Waals surface area contributed by atoms with Gasteiger partial charge in [0, 0.05) is 11.6 Å². The average Bonchev–Trinajstić information content (AvgIpc) is 3.12. The molecule has 1 aliphatic heterocycles. The molecular weight excluding hydrogens is 402 g/mol. The Balaban J connectivity index is 1.55. The van der Waals surface area contributed by atoms with Gasteiger partial charge in [-0.1, -0.05) is 23.7 Å². The van der Waals surface area contributed by atoms with Crippen molar-refractivity contribution in [3.05, 3.63) is 57.5 Å². The zero-order chi connectivity index (χ0) is 19.9. The lowest BCUT2D eigenvalue weighted by Gasteiger charge is -2.26. The van der Waals surface area contributed by atoms with Gasteiger partial charge >= 0.3 is 6.03 Å². The van der Waals surface area contributed by atoms with Crippen LogP contribution in [-0.2, 0) is 4.74 Å². The van der Waals surface area contributed by atoms with E-state index in [1.54, 1.807) is 35.7 Å². The number of rotatable bonds is 6. The molecule has 2 aromatic rings. The Morgan fingerprint density at radius 3 is 2.79 bits per heavy atom. The number of amides is 3. The van der Waals surface area contributed by atoms with Crippen LogP contribution in [0.5, 0.6) is 0 Å². The summed E-state index contributed by atoms with van der Waals surface area (Å²) in [6, 6.07) is 8.08. The van der Waals surface area contributed by atoms with E-state index < -0.39 is 6.03 Å². The van der Waals surface area contributed by atoms with E-state index in [2.05, 4.69) is 20.9 Å². The van der Waals surface area contributed by atoms with Gasteiger partial charge in [0.15, 0.2) is 0 Å². The van der Waals surface area contributed by atoms with E-state index in [1.807, 2.05) is 0 Å². The lowest BCUT2D eigenvalue weighted by Crippen LogP contribution is -2.48. The zero-order valence-corrected chi connectivity index (χ0v) is 16.2. The van der Waals surface area contributed by atoms with E-state index in [-0.39, 0.29) is 17.6 Å². The minimum atomic E-state index is -0.510. The largest absolute Gasteiger partial charge is 0.403 e. The number of nitrogens with one attached hydrogen (secondary N) is 3. The molecule has 0 saturated carbocycles. The number of halogens is 1. The highest BCUT2D eigenvalue weighted by molar-refractivity contribution is 7.12. The normalized spacial score (nSPS) is 14.5. The molecule has 0 atom stereocenters. The molecule has 0 radical (unpaired) electrons. The molecule has 2 heterocycles. The molecule has 0 bridgehead atoms. The van der Waals surface area contributed by atoms with Crippen LogP contribution < -0.4 is 21.7 Å². The Kier molecular flexibility index (Phi) is 6.64. The Morgan fingerprint density at radius 1 is 1.32 bits per heavy atom. The monoisotopic (exact) mass is 419 g/mol. The smallest absolute Gasteiger partial charge is 0.323 e. The van der Waals surface area contributed by atoms with Crippen LogP contribution >= 0.6 is 22.9 Å². The van der Waals surface area contributed by atoms with E-state index in [1.165, 1.54) is 23.8 Å². The van der Waals surface area contributed by atoms with Crippen LogP contribution in [0.1, 0.15) is 9.67 Å². The molecule has 1 saturated heterocycles. The third kappa shape index (κ3) is 5.32. The molecule has 0 unspecified atom stereocenters. The van der Waals surface area contributed by atoms with E-state index in [0.29, 0.717) is 34.5 Å². The van der Waals surface area contributed by atoms with Crippen LogP contribution in [0.15, 0.2) is 52.6 Å². The summed E-state index contributed by atoms with van der Waals surface area (Å²) < 4.78 is 5.03. The van der Waals surface area contributed by atoms with Gasteiger partial charge < -0.3 is 26.4 Å². The number of para-hydroxylation sites is 1. The summed E-state index contributed by atoms with van der Waals surface area (Å²) >= 11 is 7.28. The molecule has 3 amide bonds. The summed E-state index contributed by atoms with van der Waals surface area (Å²) in [7, 11) is 0. The van der Waals surface area contributed by atoms with E-state index in [0.717, 1.165) is 0 Å². The predicted octanol–water partition coefficient (Wildman–Crippen LogP) is 2.85. The highest BCUT2D eigenvalue weighted by Crippen LogP contribution is 2.22. The highest BCUT2D eigenvalue weighted by atomic mass is 35.5. The Bertz CT molecular complexity index is 923. The highest BCUT2D eigenvalue weighted by Gasteiger charge is 2.21. The van der Waals surface area contributed by atoms with Gasteiger partial charge in [0.05, 0.1) is 52.4 Å². The summed E-state index contributed by atoms with van der Waals surface area (Å²) in [5.74, 6) is -0.161. The van der Waals surface area contributed by atoms with E-state index in [4.69, 9.17) is 22.1 Å². The Labute approximate surface area is 170 Å². The summed E-state index contributed by atoms with van der Waals surface area (Å²) in [6.07, 6.45) is 2.61. The summed E-state index contributed by atoms with van der Waals surface area (Å²) in [4.78, 5) is 28.9. The van der Waals surface area contributed by atoms with Crippen molar-refractivity contribution in [2.45, 2.75) is 6.04 Å². The second-order valence-electron chi connectivity index (χ2n) is 5.82. The van der Waals surface area contributed by atoms with Crippen LogP contribution in [0.3, 0.4) is 0 Å². The SMILES string of the molecule is NC=C(C=Nc1csc(C(=O)NC2COC2)c1)NC(=O)Nc1ccccc1Cl. The van der Waals surface area contributed by atoms with Gasteiger partial charge in [-0.15, -0.1) is 11.3 Å². The molecule has 0 aliphatic carbocycles. The molecule has 28 heavy (non-hydrogen) atoms. The quantitative estimate of drug-likeness (QED) is 0.538. The maximum Gasteiger partial charge on any atom is 0.323 e. The number of hydrogen-bond acceptors (Lipinski definition) is 6. The Hall–Kier alpha value is -2.88. The maximum absolute atomic E-state index is 12.1. The fourth-order valence-corrected chi connectivity index (χ4v) is 3.11. The van der Waals surface area contributed by atoms with Crippen molar-refractivity contribution in [2.75, 3.05) is 18.5 Å². The van der Waals surface area contributed by atoms with Gasteiger partial charge in [0.25, 0.3) is 5.91 Å². The summed E-state index contributed by atoms with van der Waals surface area (Å²) in [5, 5.41) is 10.2. The number of anilines is 1. The number of nitrogens with zero attached hydrogens (tertiary/aromatic N) is 1. The van der Waals surface area contributed by atoms with Crippen molar-refractivity contribution in [1.82, 2.24) is 10.6 Å². The number of thiophene rings is 1. The molecule has 146 valence electrons. The van der Waals surface area contributed by atoms with Crippen LogP contribution in [-0.4, -0.2) is 37.4 Å². The number of carbonyl (C=O) groups excluding carboxylic acids is 2. The van der Waals surface area contributed by atoms with Gasteiger partial charge in [-0.3, -0.25) is 9.79 Å². The van der Waals surface area contributed by atoms with Crippen molar-refractivity contribution in [3.63, 3.8) is 0 Å². The first-order valence-electron chi connectivity index (χ1n) is 8.31. The Morgan fingerprint density at radius 2 is 2.11 bits per heavy atom. The fourth-order valence-electron chi connectivity index (χ4n) is 2.20. The first kappa shape index (κ1) is 19.9. The first-order valence-corrected chi connectivity index (χ1v) is 9.56. The zero-order valence-electron chi connectivity index (χ0n) is 14.6. The lowest BCUT2D eigenvalue weighted by atomic mass is 10.2. The molecule has 1 fully saturated rings. The first-order chi connectivity index (χ1) is 13.5. The fraction of sp³-hybridized carbons (Fsp3) is 0.167. The molecule has 10 heteroatoms. The van der Waals surface area contributed by atoms with Crippen molar-refractivity contribution in [2.24, 2.45) is 10.7 Å². The predicted molar refractivity (Wildman–Crippen MR) is 110 cm³/mol. The van der Waals surface area contributed by atoms with Crippen LogP contribution in [0, 0.1) is 0 Å². The lowest BCUT2D eigenvalue weighted by molar-refractivity contribution is -0.00338. The average molecular weight is 420 g/mol. The standard InChI is InChI=1S/C18H18ClN5O3S/c19-14-3-1-2-4-15(14)24-18(26)23-12(6-20)7-21-11-5-16(28-10-11)17(25)22-13-8-27-9-13/h1-7,10,13H,8-9,20H2,(H,22,25)(H2,23,24,26). The number of aliphatic imine (C=N–C) groups is 1. The van der Waals surface area contributed by atoms with Gasteiger partial charge in [0.1, 0.15) is 0 Å². The van der Waals surface area contributed by atoms with Gasteiger partial charge in [-0.05, 0) is 18.2 Å². The second kappa shape index (κ2) is 9.36. The van der Waals surface area contributed by atoms with Gasteiger partial charge in [0.2, 0.25) is 0 Å². The van der Waals surface area contributed by atoms with Crippen molar-refractivity contribution in [1.29, 1.82) is 0 Å². The number of allylic oxidation sites excluding steroid dienone is 1. The number of ether oxygens (including phenoxy) is 1. The summed E-state index contributed by atoms with van der Waals surface area (Å²) in [6.45, 7) is 1.07. The number of carbonyl (C=O) groups is 2. The van der Waals surface area contributed by atoms with Crippen molar-refractivity contribution in [3.8, 4) is 0 Å². The molecular formula is C18H18ClN5O3S. The van der Waals surface area contributed by atoms with Crippen LogP contribution in [0.2, 0.25) is 5.02 Å². The van der Waals surface area contributed by atoms with Gasteiger partial charge in [-0.25, -0.2) is 4.79 Å². The van der Waals surface area contributed by atoms with Gasteiger partial charge in [-0.2, -0.15) is 0 Å². The van der Waals surface area contributed by atoms with Crippen molar-refractivity contribution >= 4 is 52.5 Å². The van der Waals surface area contributed by atoms with Crippen LogP contribution in [0.4, 0.5) is 16.2 Å². The summed E-state index contributed by atoms with van der Waals surface area (Å²) in [5.41, 5.74) is 6.88. The minimum Gasteiger partial charge on any atom is -0.403 e. The van der Waals surface area contributed by atoms with Crippen LogP contribution in [0.25, 0.3) is 0 Å². The van der Waals surface area contributed by atoms with Crippen molar-refractivity contribution < 1.29 is 14.3 Å². The van der Waals surface area contributed by atoms with E-state index in [9.17, 15) is 9.59 Å². The third-order valence-corrected chi connectivity index (χ3v) is 4.94. The minimum absolute atomic E-state index is 0.0640. The molecule has 1 aromatic heterocycles. The molecule has 1 aliphatic rings. The topological polar surface area (TPSA) is 118 Å². The molecule has 8 nitrogen and oxygen atoms in total. The third-order valence-electron chi connectivity index (χ3n) is 3.69. The number of hydrogen-bond donors (Lipinski definition) is 4. The van der Waals surface area contributed by atoms with E-state index >= 15 is 0 Å². The second-order valence-corrected chi connectivity index (χ2v) is 7.13.